The number of hydrogen-bond donors (Lipinski definition) is 2. The summed E-state index contributed by atoms with van der Waals surface area (Å²) in [5.74, 6) is 0.309. The second-order valence-corrected chi connectivity index (χ2v) is 7.78. The van der Waals surface area contributed by atoms with Gasteiger partial charge in [0, 0.05) is 37.9 Å². The predicted molar refractivity (Wildman–Crippen MR) is 116 cm³/mol. The van der Waals surface area contributed by atoms with E-state index in [2.05, 4.69) is 32.1 Å². The number of benzene rings is 1. The van der Waals surface area contributed by atoms with E-state index in [-0.39, 0.29) is 22.6 Å². The molecule has 9 heteroatoms. The highest BCUT2D eigenvalue weighted by molar-refractivity contribution is 6.30. The zero-order valence-electron chi connectivity index (χ0n) is 17.2. The first kappa shape index (κ1) is 21.1. The van der Waals surface area contributed by atoms with Gasteiger partial charge in [-0.25, -0.2) is 9.97 Å². The molecule has 3 N–H and O–H groups in total. The first-order chi connectivity index (χ1) is 13.8. The summed E-state index contributed by atoms with van der Waals surface area (Å²) in [6, 6.07) is 5.77. The molecule has 1 amide bonds. The molecule has 0 saturated carbocycles. The van der Waals surface area contributed by atoms with Crippen molar-refractivity contribution in [2.45, 2.75) is 19.8 Å². The Morgan fingerprint density at radius 2 is 1.93 bits per heavy atom. The minimum absolute atomic E-state index is 0.0186. The third-order valence-electron chi connectivity index (χ3n) is 4.94. The molecule has 2 aromatic rings. The van der Waals surface area contributed by atoms with Crippen LogP contribution in [0.3, 0.4) is 0 Å². The number of carbonyl (C=O) groups is 1. The fraction of sp³-hybridized carbons (Fsp3) is 0.450. The molecule has 1 aliphatic heterocycles. The summed E-state index contributed by atoms with van der Waals surface area (Å²) in [4.78, 5) is 25.2. The first-order valence-electron chi connectivity index (χ1n) is 9.56. The van der Waals surface area contributed by atoms with Crippen LogP contribution in [0.25, 0.3) is 0 Å². The fourth-order valence-corrected chi connectivity index (χ4v) is 3.60. The molecule has 1 fully saturated rings. The van der Waals surface area contributed by atoms with Crippen LogP contribution in [0.2, 0.25) is 5.15 Å². The van der Waals surface area contributed by atoms with Crippen LogP contribution in [0, 0.1) is 0 Å². The summed E-state index contributed by atoms with van der Waals surface area (Å²) in [5.41, 5.74) is 7.84. The van der Waals surface area contributed by atoms with Crippen LogP contribution in [0.5, 0.6) is 5.75 Å². The van der Waals surface area contributed by atoms with Crippen LogP contribution < -0.4 is 20.7 Å². The van der Waals surface area contributed by atoms with Gasteiger partial charge in [-0.2, -0.15) is 0 Å². The van der Waals surface area contributed by atoms with Gasteiger partial charge in [-0.3, -0.25) is 4.79 Å². The Balaban J connectivity index is 1.90. The Kier molecular flexibility index (Phi) is 6.44. The lowest BCUT2D eigenvalue weighted by atomic mass is 10.1. The van der Waals surface area contributed by atoms with E-state index in [4.69, 9.17) is 22.1 Å². The quantitative estimate of drug-likeness (QED) is 0.744. The number of likely N-dealkylation sites (N-methyl/N-ethyl adjacent to an activating group) is 1. The van der Waals surface area contributed by atoms with Crippen molar-refractivity contribution in [1.82, 2.24) is 14.9 Å². The Hall–Kier alpha value is -2.58. The lowest BCUT2D eigenvalue weighted by molar-refractivity contribution is 0.0996. The van der Waals surface area contributed by atoms with Gasteiger partial charge < -0.3 is 25.6 Å². The Labute approximate surface area is 176 Å². The standard InChI is InChI=1S/C20H27ClN6O2/c1-12(2)16-18(21)25-20(17(24-16)19(22)28)23-13-5-6-14(15(11-13)29-4)27-9-7-26(3)8-10-27/h5-6,11-12H,7-10H2,1-4H3,(H2,22,28)(H,23,25). The van der Waals surface area contributed by atoms with Crippen LogP contribution in [-0.4, -0.2) is 61.1 Å². The van der Waals surface area contributed by atoms with Crippen LogP contribution in [0.1, 0.15) is 35.9 Å². The monoisotopic (exact) mass is 418 g/mol. The lowest BCUT2D eigenvalue weighted by Gasteiger charge is -2.34. The molecule has 0 aliphatic carbocycles. The molecule has 1 aliphatic rings. The normalized spacial score (nSPS) is 14.9. The van der Waals surface area contributed by atoms with Gasteiger partial charge in [0.2, 0.25) is 0 Å². The maximum absolute atomic E-state index is 11.9. The summed E-state index contributed by atoms with van der Waals surface area (Å²) < 4.78 is 5.61. The van der Waals surface area contributed by atoms with Crippen molar-refractivity contribution in [3.8, 4) is 5.75 Å². The molecule has 156 valence electrons. The van der Waals surface area contributed by atoms with E-state index in [9.17, 15) is 4.79 Å². The van der Waals surface area contributed by atoms with E-state index in [1.165, 1.54) is 0 Å². The smallest absolute Gasteiger partial charge is 0.271 e. The minimum atomic E-state index is -0.667. The number of anilines is 3. The minimum Gasteiger partial charge on any atom is -0.495 e. The predicted octanol–water partition coefficient (Wildman–Crippen LogP) is 2.86. The van der Waals surface area contributed by atoms with Gasteiger partial charge in [0.05, 0.1) is 18.5 Å². The number of amides is 1. The molecule has 8 nitrogen and oxygen atoms in total. The van der Waals surface area contributed by atoms with Gasteiger partial charge in [0.1, 0.15) is 5.75 Å². The topological polar surface area (TPSA) is 96.6 Å². The lowest BCUT2D eigenvalue weighted by Crippen LogP contribution is -2.44. The summed E-state index contributed by atoms with van der Waals surface area (Å²) in [5, 5.41) is 3.35. The van der Waals surface area contributed by atoms with E-state index in [1.807, 2.05) is 32.0 Å². The second kappa shape index (κ2) is 8.84. The number of ether oxygens (including phenoxy) is 1. The maximum Gasteiger partial charge on any atom is 0.271 e. The molecule has 0 atom stereocenters. The van der Waals surface area contributed by atoms with Crippen molar-refractivity contribution in [2.75, 3.05) is 50.6 Å². The first-order valence-corrected chi connectivity index (χ1v) is 9.93. The van der Waals surface area contributed by atoms with Crippen molar-refractivity contribution in [3.63, 3.8) is 0 Å². The van der Waals surface area contributed by atoms with E-state index in [0.717, 1.165) is 37.6 Å². The molecular weight excluding hydrogens is 392 g/mol. The molecule has 29 heavy (non-hydrogen) atoms. The Morgan fingerprint density at radius 1 is 1.24 bits per heavy atom. The molecular formula is C20H27ClN6O2. The molecule has 3 rings (SSSR count). The van der Waals surface area contributed by atoms with Crippen LogP contribution >= 0.6 is 11.6 Å². The SMILES string of the molecule is COc1cc(Nc2nc(Cl)c(C(C)C)nc2C(N)=O)ccc1N1CCN(C)CC1. The van der Waals surface area contributed by atoms with Crippen LogP contribution in [0.4, 0.5) is 17.2 Å². The van der Waals surface area contributed by atoms with E-state index < -0.39 is 5.91 Å². The van der Waals surface area contributed by atoms with Crippen molar-refractivity contribution >= 4 is 34.7 Å². The van der Waals surface area contributed by atoms with E-state index >= 15 is 0 Å². The molecule has 1 aromatic heterocycles. The van der Waals surface area contributed by atoms with Crippen molar-refractivity contribution in [3.05, 3.63) is 34.7 Å². The third-order valence-corrected chi connectivity index (χ3v) is 5.22. The van der Waals surface area contributed by atoms with E-state index in [0.29, 0.717) is 11.4 Å². The third kappa shape index (κ3) is 4.71. The second-order valence-electron chi connectivity index (χ2n) is 7.42. The Bertz CT molecular complexity index is 897. The average molecular weight is 419 g/mol. The summed E-state index contributed by atoms with van der Waals surface area (Å²) >= 11 is 6.26. The van der Waals surface area contributed by atoms with Crippen molar-refractivity contribution in [1.29, 1.82) is 0 Å². The van der Waals surface area contributed by atoms with E-state index in [1.54, 1.807) is 7.11 Å². The molecule has 1 aromatic carbocycles. The largest absolute Gasteiger partial charge is 0.495 e. The van der Waals surface area contributed by atoms with Gasteiger partial charge in [0.15, 0.2) is 16.7 Å². The number of hydrogen-bond acceptors (Lipinski definition) is 7. The zero-order valence-corrected chi connectivity index (χ0v) is 18.0. The molecule has 0 bridgehead atoms. The van der Waals surface area contributed by atoms with Crippen LogP contribution in [-0.2, 0) is 0 Å². The van der Waals surface area contributed by atoms with Crippen LogP contribution in [0.15, 0.2) is 18.2 Å². The highest BCUT2D eigenvalue weighted by Gasteiger charge is 2.21. The molecule has 1 saturated heterocycles. The number of aromatic nitrogens is 2. The molecule has 0 unspecified atom stereocenters. The number of halogens is 1. The Morgan fingerprint density at radius 3 is 2.52 bits per heavy atom. The van der Waals surface area contributed by atoms with Gasteiger partial charge in [-0.1, -0.05) is 25.4 Å². The van der Waals surface area contributed by atoms with Crippen molar-refractivity contribution in [2.24, 2.45) is 5.73 Å². The maximum atomic E-state index is 11.9. The van der Waals surface area contributed by atoms with Gasteiger partial charge >= 0.3 is 0 Å². The highest BCUT2D eigenvalue weighted by Crippen LogP contribution is 2.33. The number of carbonyl (C=O) groups excluding carboxylic acids is 1. The number of nitrogens with one attached hydrogen (secondary N) is 1. The van der Waals surface area contributed by atoms with Gasteiger partial charge in [0.25, 0.3) is 5.91 Å². The number of nitrogens with two attached hydrogens (primary N) is 1. The summed E-state index contributed by atoms with van der Waals surface area (Å²) in [6.07, 6.45) is 0. The van der Waals surface area contributed by atoms with Crippen molar-refractivity contribution < 1.29 is 9.53 Å². The molecule has 0 radical (unpaired) electrons. The number of nitrogens with zero attached hydrogens (tertiary/aromatic N) is 4. The number of rotatable bonds is 6. The number of piperazine rings is 1. The summed E-state index contributed by atoms with van der Waals surface area (Å²) in [6.45, 7) is 7.72. The van der Waals surface area contributed by atoms with Gasteiger partial charge in [-0.15, -0.1) is 0 Å². The van der Waals surface area contributed by atoms with Gasteiger partial charge in [-0.05, 0) is 25.1 Å². The zero-order chi connectivity index (χ0) is 21.1. The molecule has 2 heterocycles. The fourth-order valence-electron chi connectivity index (χ4n) is 3.25. The number of methoxy groups -OCH3 is 1. The average Bonchev–Trinajstić information content (AvgIpc) is 2.68. The summed E-state index contributed by atoms with van der Waals surface area (Å²) in [7, 11) is 3.76. The molecule has 0 spiro atoms. The number of primary amides is 1. The highest BCUT2D eigenvalue weighted by atomic mass is 35.5.